The van der Waals surface area contributed by atoms with E-state index >= 15 is 0 Å². The zero-order valence-corrected chi connectivity index (χ0v) is 18.0. The molecule has 1 fully saturated rings. The number of hydrogen-bond acceptors (Lipinski definition) is 1. The van der Waals surface area contributed by atoms with Crippen LogP contribution >= 0.6 is 12.2 Å². The standard InChI is InChI=1S/C22H22F6N2S/c1-19(2)12-20(3,14-7-5-4-6-8-14)30(13-19)18(31)29-17-10-15(21(23,24)25)9-16(11-17)22(26,27)28/h4-11H,12-13H2,1-3H3,(H,29,31). The molecule has 0 aromatic heterocycles. The van der Waals surface area contributed by atoms with E-state index in [1.54, 1.807) is 0 Å². The minimum Gasteiger partial charge on any atom is -0.339 e. The van der Waals surface area contributed by atoms with Crippen molar-refractivity contribution in [2.45, 2.75) is 45.1 Å². The van der Waals surface area contributed by atoms with Crippen molar-refractivity contribution in [1.29, 1.82) is 0 Å². The number of thiocarbonyl (C=S) groups is 1. The van der Waals surface area contributed by atoms with E-state index in [0.29, 0.717) is 25.1 Å². The number of benzene rings is 2. The fraction of sp³-hybridized carbons (Fsp3) is 0.409. The van der Waals surface area contributed by atoms with E-state index in [9.17, 15) is 26.3 Å². The van der Waals surface area contributed by atoms with Crippen molar-refractivity contribution < 1.29 is 26.3 Å². The topological polar surface area (TPSA) is 15.3 Å². The molecule has 0 spiro atoms. The monoisotopic (exact) mass is 460 g/mol. The van der Waals surface area contributed by atoms with Crippen LogP contribution in [0.4, 0.5) is 32.0 Å². The van der Waals surface area contributed by atoms with Crippen molar-refractivity contribution in [1.82, 2.24) is 4.90 Å². The van der Waals surface area contributed by atoms with Gasteiger partial charge in [-0.1, -0.05) is 44.2 Å². The molecule has 1 aliphatic heterocycles. The molecule has 3 rings (SSSR count). The molecule has 1 unspecified atom stereocenters. The maximum absolute atomic E-state index is 13.2. The smallest absolute Gasteiger partial charge is 0.339 e. The van der Waals surface area contributed by atoms with Gasteiger partial charge in [0, 0.05) is 12.2 Å². The molecule has 9 heteroatoms. The van der Waals surface area contributed by atoms with Gasteiger partial charge in [0.2, 0.25) is 0 Å². The molecule has 31 heavy (non-hydrogen) atoms. The van der Waals surface area contributed by atoms with Gasteiger partial charge in [0.15, 0.2) is 5.11 Å². The second kappa shape index (κ2) is 7.69. The summed E-state index contributed by atoms with van der Waals surface area (Å²) in [7, 11) is 0. The van der Waals surface area contributed by atoms with Gasteiger partial charge >= 0.3 is 12.4 Å². The maximum Gasteiger partial charge on any atom is 0.416 e. The summed E-state index contributed by atoms with van der Waals surface area (Å²) in [4.78, 5) is 1.84. The van der Waals surface area contributed by atoms with Gasteiger partial charge in [-0.05, 0) is 54.7 Å². The summed E-state index contributed by atoms with van der Waals surface area (Å²) in [6.07, 6.45) is -9.14. The molecule has 0 bridgehead atoms. The summed E-state index contributed by atoms with van der Waals surface area (Å²) >= 11 is 5.47. The van der Waals surface area contributed by atoms with Crippen LogP contribution in [-0.4, -0.2) is 16.6 Å². The fourth-order valence-electron chi connectivity index (χ4n) is 4.25. The number of nitrogens with zero attached hydrogens (tertiary/aromatic N) is 1. The Bertz CT molecular complexity index is 936. The Morgan fingerprint density at radius 2 is 1.42 bits per heavy atom. The predicted molar refractivity (Wildman–Crippen MR) is 112 cm³/mol. The van der Waals surface area contributed by atoms with Crippen molar-refractivity contribution in [2.75, 3.05) is 11.9 Å². The summed E-state index contributed by atoms with van der Waals surface area (Å²) in [6.45, 7) is 6.55. The summed E-state index contributed by atoms with van der Waals surface area (Å²) < 4.78 is 79.1. The SMILES string of the molecule is CC1(C)CN(C(=S)Nc2cc(C(F)(F)F)cc(C(F)(F)F)c2)C(C)(c2ccccc2)C1. The largest absolute Gasteiger partial charge is 0.416 e. The lowest BCUT2D eigenvalue weighted by molar-refractivity contribution is -0.143. The lowest BCUT2D eigenvalue weighted by atomic mass is 9.81. The van der Waals surface area contributed by atoms with Crippen LogP contribution in [0.25, 0.3) is 0 Å². The van der Waals surface area contributed by atoms with Gasteiger partial charge in [-0.3, -0.25) is 0 Å². The maximum atomic E-state index is 13.2. The minimum atomic E-state index is -4.92. The number of likely N-dealkylation sites (tertiary alicyclic amines) is 1. The lowest BCUT2D eigenvalue weighted by Crippen LogP contribution is -2.45. The first kappa shape index (κ1) is 23.4. The van der Waals surface area contributed by atoms with Crippen LogP contribution in [0.3, 0.4) is 0 Å². The number of rotatable bonds is 2. The molecule has 1 N–H and O–H groups in total. The molecule has 0 aliphatic carbocycles. The first-order valence-corrected chi connectivity index (χ1v) is 9.96. The Hall–Kier alpha value is -2.29. The molecular formula is C22H22F6N2S. The molecule has 2 nitrogen and oxygen atoms in total. The van der Waals surface area contributed by atoms with Gasteiger partial charge in [-0.25, -0.2) is 0 Å². The summed E-state index contributed by atoms with van der Waals surface area (Å²) in [5.41, 5.74) is -2.90. The van der Waals surface area contributed by atoms with Gasteiger partial charge in [-0.15, -0.1) is 0 Å². The van der Waals surface area contributed by atoms with Crippen molar-refractivity contribution in [3.63, 3.8) is 0 Å². The van der Waals surface area contributed by atoms with E-state index in [1.165, 1.54) is 0 Å². The third kappa shape index (κ3) is 4.97. The zero-order chi connectivity index (χ0) is 23.2. The molecule has 0 radical (unpaired) electrons. The highest BCUT2D eigenvalue weighted by Gasteiger charge is 2.48. The molecule has 1 atom stereocenters. The summed E-state index contributed by atoms with van der Waals surface area (Å²) in [5.74, 6) is 0. The van der Waals surface area contributed by atoms with E-state index in [4.69, 9.17) is 12.2 Å². The van der Waals surface area contributed by atoms with E-state index in [2.05, 4.69) is 5.32 Å². The lowest BCUT2D eigenvalue weighted by Gasteiger charge is -2.37. The number of nitrogens with one attached hydrogen (secondary N) is 1. The Morgan fingerprint density at radius 1 is 0.903 bits per heavy atom. The first-order chi connectivity index (χ1) is 14.1. The average molecular weight is 460 g/mol. The molecule has 0 saturated carbocycles. The molecule has 168 valence electrons. The normalized spacial score (nSPS) is 21.3. The number of anilines is 1. The van der Waals surface area contributed by atoms with Crippen LogP contribution in [-0.2, 0) is 17.9 Å². The van der Waals surface area contributed by atoms with E-state index in [1.807, 2.05) is 56.0 Å². The fourth-order valence-corrected chi connectivity index (χ4v) is 4.64. The minimum absolute atomic E-state index is 0.0735. The van der Waals surface area contributed by atoms with Crippen LogP contribution in [0.2, 0.25) is 0 Å². The predicted octanol–water partition coefficient (Wildman–Crippen LogP) is 7.07. The second-order valence-corrected chi connectivity index (χ2v) is 9.18. The highest BCUT2D eigenvalue weighted by molar-refractivity contribution is 7.80. The third-order valence-corrected chi connectivity index (χ3v) is 5.81. The number of hydrogen-bond donors (Lipinski definition) is 1. The van der Waals surface area contributed by atoms with Crippen LogP contribution in [0.15, 0.2) is 48.5 Å². The highest BCUT2D eigenvalue weighted by atomic mass is 32.1. The van der Waals surface area contributed by atoms with Crippen molar-refractivity contribution in [3.05, 3.63) is 65.2 Å². The molecule has 2 aromatic rings. The first-order valence-electron chi connectivity index (χ1n) is 9.55. The molecule has 2 aromatic carbocycles. The van der Waals surface area contributed by atoms with Gasteiger partial charge in [-0.2, -0.15) is 26.3 Å². The molecule has 1 heterocycles. The molecule has 0 amide bonds. The Morgan fingerprint density at radius 3 is 1.90 bits per heavy atom. The molecule has 1 aliphatic rings. The van der Waals surface area contributed by atoms with Gasteiger partial charge in [0.25, 0.3) is 0 Å². The second-order valence-electron chi connectivity index (χ2n) is 8.79. The molecular weight excluding hydrogens is 438 g/mol. The zero-order valence-electron chi connectivity index (χ0n) is 17.2. The van der Waals surface area contributed by atoms with Crippen molar-refractivity contribution in [3.8, 4) is 0 Å². The van der Waals surface area contributed by atoms with Gasteiger partial charge < -0.3 is 10.2 Å². The Balaban J connectivity index is 1.98. The Kier molecular flexibility index (Phi) is 5.80. The van der Waals surface area contributed by atoms with Crippen molar-refractivity contribution in [2.24, 2.45) is 5.41 Å². The van der Waals surface area contributed by atoms with Crippen molar-refractivity contribution >= 4 is 23.0 Å². The van der Waals surface area contributed by atoms with Gasteiger partial charge in [0.05, 0.1) is 16.7 Å². The van der Waals surface area contributed by atoms with Gasteiger partial charge in [0.1, 0.15) is 0 Å². The van der Waals surface area contributed by atoms with Crippen LogP contribution in [0.5, 0.6) is 0 Å². The average Bonchev–Trinajstić information content (AvgIpc) is 2.91. The van der Waals surface area contributed by atoms with E-state index < -0.39 is 29.0 Å². The molecule has 1 saturated heterocycles. The number of halogens is 6. The van der Waals surface area contributed by atoms with E-state index in [0.717, 1.165) is 5.56 Å². The highest BCUT2D eigenvalue weighted by Crippen LogP contribution is 2.47. The quantitative estimate of drug-likeness (QED) is 0.381. The van der Waals surface area contributed by atoms with Crippen LogP contribution in [0.1, 0.15) is 43.9 Å². The Labute approximate surface area is 182 Å². The summed E-state index contributed by atoms with van der Waals surface area (Å²) in [5, 5.41) is 2.70. The van der Waals surface area contributed by atoms with Crippen LogP contribution in [0, 0.1) is 5.41 Å². The van der Waals surface area contributed by atoms with E-state index in [-0.39, 0.29) is 22.3 Å². The van der Waals surface area contributed by atoms with Crippen LogP contribution < -0.4 is 5.32 Å². The summed E-state index contributed by atoms with van der Waals surface area (Å²) in [6, 6.07) is 10.9. The third-order valence-electron chi connectivity index (χ3n) is 5.48. The number of alkyl halides is 6.